The van der Waals surface area contributed by atoms with Gasteiger partial charge in [-0.3, -0.25) is 19.3 Å². The first-order chi connectivity index (χ1) is 11.6. The van der Waals surface area contributed by atoms with Crippen molar-refractivity contribution in [1.82, 2.24) is 4.90 Å². The highest BCUT2D eigenvalue weighted by Gasteiger charge is 2.35. The van der Waals surface area contributed by atoms with Crippen LogP contribution in [0, 0.1) is 0 Å². The summed E-state index contributed by atoms with van der Waals surface area (Å²) >= 11 is 0. The molecule has 0 N–H and O–H groups in total. The number of carbonyl (C=O) groups is 3. The molecule has 0 saturated heterocycles. The second-order valence-electron chi connectivity index (χ2n) is 5.60. The van der Waals surface area contributed by atoms with E-state index in [4.69, 9.17) is 4.74 Å². The summed E-state index contributed by atoms with van der Waals surface area (Å²) in [7, 11) is 0. The number of carbonyl (C=O) groups excluding carboxylic acids is 3. The standard InChI is InChI=1S/C19H17NO4/c1-13(14-7-3-2-4-8-14)24-17(21)11-12-20-18(22)15-9-5-6-10-16(15)19(20)23/h2-10,13H,11-12H2,1H3/t13-/m1/s1. The van der Waals surface area contributed by atoms with Gasteiger partial charge in [-0.2, -0.15) is 0 Å². The molecule has 0 radical (unpaired) electrons. The molecule has 0 fully saturated rings. The average molecular weight is 323 g/mol. The zero-order chi connectivity index (χ0) is 17.1. The molecular weight excluding hydrogens is 306 g/mol. The third-order valence-corrected chi connectivity index (χ3v) is 3.99. The minimum atomic E-state index is -0.442. The Morgan fingerprint density at radius 1 is 0.958 bits per heavy atom. The van der Waals surface area contributed by atoms with E-state index in [9.17, 15) is 14.4 Å². The van der Waals surface area contributed by atoms with Gasteiger partial charge in [0.25, 0.3) is 11.8 Å². The van der Waals surface area contributed by atoms with Gasteiger partial charge in [0.15, 0.2) is 0 Å². The lowest BCUT2D eigenvalue weighted by Gasteiger charge is -2.16. The van der Waals surface area contributed by atoms with E-state index in [1.807, 2.05) is 30.3 Å². The Balaban J connectivity index is 1.58. The SMILES string of the molecule is C[C@@H](OC(=O)CCN1C(=O)c2ccccc2C1=O)c1ccccc1. The minimum Gasteiger partial charge on any atom is -0.458 e. The van der Waals surface area contributed by atoms with Crippen molar-refractivity contribution in [2.45, 2.75) is 19.4 Å². The van der Waals surface area contributed by atoms with Gasteiger partial charge in [-0.25, -0.2) is 0 Å². The van der Waals surface area contributed by atoms with Gasteiger partial charge in [-0.05, 0) is 24.6 Å². The number of fused-ring (bicyclic) bond motifs is 1. The number of amides is 2. The van der Waals surface area contributed by atoms with E-state index in [1.165, 1.54) is 0 Å². The molecule has 5 nitrogen and oxygen atoms in total. The summed E-state index contributed by atoms with van der Waals surface area (Å²) in [6.07, 6.45) is -0.399. The van der Waals surface area contributed by atoms with Gasteiger partial charge in [0, 0.05) is 6.54 Å². The van der Waals surface area contributed by atoms with Gasteiger partial charge in [0.05, 0.1) is 17.5 Å². The Hall–Kier alpha value is -2.95. The van der Waals surface area contributed by atoms with Crippen LogP contribution in [-0.2, 0) is 9.53 Å². The van der Waals surface area contributed by atoms with Gasteiger partial charge in [0.2, 0.25) is 0 Å². The summed E-state index contributed by atoms with van der Waals surface area (Å²) in [5, 5.41) is 0. The Morgan fingerprint density at radius 2 is 1.50 bits per heavy atom. The molecule has 2 aromatic rings. The number of imide groups is 1. The predicted octanol–water partition coefficient (Wildman–Crippen LogP) is 2.98. The number of hydrogen-bond acceptors (Lipinski definition) is 4. The Morgan fingerprint density at radius 3 is 2.08 bits per heavy atom. The highest BCUT2D eigenvalue weighted by Crippen LogP contribution is 2.23. The fourth-order valence-corrected chi connectivity index (χ4v) is 2.69. The van der Waals surface area contributed by atoms with E-state index in [2.05, 4.69) is 0 Å². The lowest BCUT2D eigenvalue weighted by Crippen LogP contribution is -2.32. The number of ether oxygens (including phenoxy) is 1. The van der Waals surface area contributed by atoms with Crippen LogP contribution in [0.1, 0.15) is 45.7 Å². The number of rotatable bonds is 5. The van der Waals surface area contributed by atoms with E-state index in [0.29, 0.717) is 11.1 Å². The lowest BCUT2D eigenvalue weighted by molar-refractivity contribution is -0.148. The third-order valence-electron chi connectivity index (χ3n) is 3.99. The van der Waals surface area contributed by atoms with E-state index < -0.39 is 5.97 Å². The van der Waals surface area contributed by atoms with Crippen molar-refractivity contribution >= 4 is 17.8 Å². The van der Waals surface area contributed by atoms with Crippen LogP contribution in [-0.4, -0.2) is 29.2 Å². The molecule has 0 spiro atoms. The molecule has 1 heterocycles. The number of benzene rings is 2. The monoisotopic (exact) mass is 323 g/mol. The molecule has 2 aromatic carbocycles. The Bertz CT molecular complexity index is 750. The zero-order valence-corrected chi connectivity index (χ0v) is 13.3. The summed E-state index contributed by atoms with van der Waals surface area (Å²) in [5.74, 6) is -1.16. The number of esters is 1. The molecule has 122 valence electrons. The molecule has 0 bridgehead atoms. The molecule has 1 atom stereocenters. The number of nitrogens with zero attached hydrogens (tertiary/aromatic N) is 1. The summed E-state index contributed by atoms with van der Waals surface area (Å²) < 4.78 is 5.36. The summed E-state index contributed by atoms with van der Waals surface area (Å²) in [5.41, 5.74) is 1.66. The third kappa shape index (κ3) is 3.06. The fourth-order valence-electron chi connectivity index (χ4n) is 2.69. The second kappa shape index (κ2) is 6.66. The molecule has 1 aliphatic heterocycles. The van der Waals surface area contributed by atoms with Crippen molar-refractivity contribution in [3.63, 3.8) is 0 Å². The van der Waals surface area contributed by atoms with Gasteiger partial charge < -0.3 is 4.74 Å². The molecule has 0 aliphatic carbocycles. The highest BCUT2D eigenvalue weighted by molar-refractivity contribution is 6.21. The van der Waals surface area contributed by atoms with Crippen molar-refractivity contribution < 1.29 is 19.1 Å². The maximum atomic E-state index is 12.2. The summed E-state index contributed by atoms with van der Waals surface area (Å²) in [6, 6.07) is 16.0. The van der Waals surface area contributed by atoms with Crippen molar-refractivity contribution in [2.75, 3.05) is 6.54 Å². The van der Waals surface area contributed by atoms with Crippen molar-refractivity contribution in [1.29, 1.82) is 0 Å². The fraction of sp³-hybridized carbons (Fsp3) is 0.211. The molecule has 1 aliphatic rings. The molecular formula is C19H17NO4. The molecule has 0 unspecified atom stereocenters. The van der Waals surface area contributed by atoms with Crippen LogP contribution < -0.4 is 0 Å². The van der Waals surface area contributed by atoms with Crippen molar-refractivity contribution in [3.05, 3.63) is 71.3 Å². The van der Waals surface area contributed by atoms with Crippen LogP contribution in [0.3, 0.4) is 0 Å². The largest absolute Gasteiger partial charge is 0.458 e. The quantitative estimate of drug-likeness (QED) is 0.627. The smallest absolute Gasteiger partial charge is 0.308 e. The lowest BCUT2D eigenvalue weighted by atomic mass is 10.1. The van der Waals surface area contributed by atoms with E-state index in [0.717, 1.165) is 10.5 Å². The van der Waals surface area contributed by atoms with Crippen LogP contribution >= 0.6 is 0 Å². The van der Waals surface area contributed by atoms with Gasteiger partial charge in [-0.15, -0.1) is 0 Å². The maximum absolute atomic E-state index is 12.2. The highest BCUT2D eigenvalue weighted by atomic mass is 16.5. The maximum Gasteiger partial charge on any atom is 0.308 e. The van der Waals surface area contributed by atoms with Crippen LogP contribution in [0.25, 0.3) is 0 Å². The van der Waals surface area contributed by atoms with Crippen molar-refractivity contribution in [3.8, 4) is 0 Å². The van der Waals surface area contributed by atoms with Crippen LogP contribution in [0.4, 0.5) is 0 Å². The van der Waals surface area contributed by atoms with Crippen LogP contribution in [0.2, 0.25) is 0 Å². The molecule has 5 heteroatoms. The summed E-state index contributed by atoms with van der Waals surface area (Å²) in [4.78, 5) is 37.5. The Labute approximate surface area is 139 Å². The molecule has 0 aromatic heterocycles. The Kier molecular flexibility index (Phi) is 4.42. The van der Waals surface area contributed by atoms with Crippen LogP contribution in [0.5, 0.6) is 0 Å². The summed E-state index contributed by atoms with van der Waals surface area (Å²) in [6.45, 7) is 1.81. The first-order valence-electron chi connectivity index (χ1n) is 7.77. The van der Waals surface area contributed by atoms with E-state index in [1.54, 1.807) is 31.2 Å². The predicted molar refractivity (Wildman–Crippen MR) is 87.4 cm³/mol. The van der Waals surface area contributed by atoms with Gasteiger partial charge >= 0.3 is 5.97 Å². The molecule has 2 amide bonds. The molecule has 3 rings (SSSR count). The van der Waals surface area contributed by atoms with Crippen molar-refractivity contribution in [2.24, 2.45) is 0 Å². The van der Waals surface area contributed by atoms with Gasteiger partial charge in [-0.1, -0.05) is 42.5 Å². The topological polar surface area (TPSA) is 63.7 Å². The normalized spacial score (nSPS) is 14.5. The van der Waals surface area contributed by atoms with Crippen LogP contribution in [0.15, 0.2) is 54.6 Å². The first kappa shape index (κ1) is 15.9. The molecule has 0 saturated carbocycles. The number of hydrogen-bond donors (Lipinski definition) is 0. The van der Waals surface area contributed by atoms with E-state index >= 15 is 0 Å². The average Bonchev–Trinajstić information content (AvgIpc) is 2.85. The van der Waals surface area contributed by atoms with Gasteiger partial charge in [0.1, 0.15) is 6.10 Å². The zero-order valence-electron chi connectivity index (χ0n) is 13.3. The second-order valence-corrected chi connectivity index (χ2v) is 5.60. The first-order valence-corrected chi connectivity index (χ1v) is 7.77. The molecule has 24 heavy (non-hydrogen) atoms. The van der Waals surface area contributed by atoms with E-state index in [-0.39, 0.29) is 30.9 Å². The minimum absolute atomic E-state index is 0.0205.